The highest BCUT2D eigenvalue weighted by Crippen LogP contribution is 2.23. The first-order valence-corrected chi connectivity index (χ1v) is 5.14. The number of halogens is 2. The molecule has 0 atom stereocenters. The van der Waals surface area contributed by atoms with Crippen LogP contribution in [0.3, 0.4) is 0 Å². The Morgan fingerprint density at radius 2 is 2.07 bits per heavy atom. The van der Waals surface area contributed by atoms with Gasteiger partial charge in [0.2, 0.25) is 0 Å². The van der Waals surface area contributed by atoms with Gasteiger partial charge in [0, 0.05) is 10.5 Å². The van der Waals surface area contributed by atoms with E-state index in [0.29, 0.717) is 0 Å². The third kappa shape index (κ3) is 2.95. The van der Waals surface area contributed by atoms with Crippen LogP contribution in [0.2, 0.25) is 0 Å². The molecule has 1 aromatic carbocycles. The van der Waals surface area contributed by atoms with Crippen LogP contribution in [-0.4, -0.2) is 11.2 Å². The Hall–Kier alpha value is -0.620. The van der Waals surface area contributed by atoms with Crippen molar-refractivity contribution in [1.29, 1.82) is 0 Å². The Morgan fingerprint density at radius 1 is 1.43 bits per heavy atom. The second-order valence-corrected chi connectivity index (χ2v) is 4.10. The van der Waals surface area contributed by atoms with Gasteiger partial charge in [-0.2, -0.15) is 0 Å². The van der Waals surface area contributed by atoms with Crippen LogP contribution in [0.15, 0.2) is 18.2 Å². The highest BCUT2D eigenvalue weighted by Gasteiger charge is 2.12. The molecular formula is C9H6ClIO3. The topological polar surface area (TPSA) is 43.4 Å². The van der Waals surface area contributed by atoms with Gasteiger partial charge in [-0.3, -0.25) is 9.59 Å². The first-order valence-electron chi connectivity index (χ1n) is 3.68. The van der Waals surface area contributed by atoms with Crippen molar-refractivity contribution < 1.29 is 14.3 Å². The summed E-state index contributed by atoms with van der Waals surface area (Å²) in [6.07, 6.45) is 0. The van der Waals surface area contributed by atoms with Crippen LogP contribution < -0.4 is 4.74 Å². The molecule has 0 radical (unpaired) electrons. The molecule has 5 heteroatoms. The van der Waals surface area contributed by atoms with Crippen LogP contribution in [0.4, 0.5) is 0 Å². The maximum Gasteiger partial charge on any atom is 0.308 e. The summed E-state index contributed by atoms with van der Waals surface area (Å²) >= 11 is 7.37. The Labute approximate surface area is 99.5 Å². The van der Waals surface area contributed by atoms with E-state index in [1.54, 1.807) is 18.2 Å². The third-order valence-electron chi connectivity index (χ3n) is 1.41. The van der Waals surface area contributed by atoms with Crippen molar-refractivity contribution >= 4 is 45.4 Å². The van der Waals surface area contributed by atoms with Gasteiger partial charge in [-0.05, 0) is 52.4 Å². The standard InChI is InChI=1S/C9H6ClIO3/c1-5(12)14-8-3-2-6(11)4-7(8)9(10)13/h2-4H,1H3. The predicted molar refractivity (Wildman–Crippen MR) is 60.7 cm³/mol. The van der Waals surface area contributed by atoms with Crippen LogP contribution >= 0.6 is 34.2 Å². The maximum absolute atomic E-state index is 11.0. The van der Waals surface area contributed by atoms with Gasteiger partial charge in [0.25, 0.3) is 5.24 Å². The summed E-state index contributed by atoms with van der Waals surface area (Å²) < 4.78 is 5.66. The van der Waals surface area contributed by atoms with Gasteiger partial charge in [0.15, 0.2) is 0 Å². The molecule has 74 valence electrons. The van der Waals surface area contributed by atoms with Crippen molar-refractivity contribution in [3.05, 3.63) is 27.3 Å². The van der Waals surface area contributed by atoms with E-state index in [1.165, 1.54) is 6.92 Å². The Balaban J connectivity index is 3.14. The average Bonchev–Trinajstić information content (AvgIpc) is 2.07. The molecule has 0 aromatic heterocycles. The highest BCUT2D eigenvalue weighted by molar-refractivity contribution is 14.1. The lowest BCUT2D eigenvalue weighted by molar-refractivity contribution is -0.131. The zero-order chi connectivity index (χ0) is 10.7. The minimum Gasteiger partial charge on any atom is -0.426 e. The fourth-order valence-corrected chi connectivity index (χ4v) is 1.54. The highest BCUT2D eigenvalue weighted by atomic mass is 127. The monoisotopic (exact) mass is 324 g/mol. The van der Waals surface area contributed by atoms with E-state index in [0.717, 1.165) is 3.57 Å². The van der Waals surface area contributed by atoms with Gasteiger partial charge in [-0.25, -0.2) is 0 Å². The number of carbonyl (C=O) groups excluding carboxylic acids is 2. The Kier molecular flexibility index (Phi) is 3.88. The second kappa shape index (κ2) is 4.75. The zero-order valence-corrected chi connectivity index (χ0v) is 10.1. The average molecular weight is 325 g/mol. The summed E-state index contributed by atoms with van der Waals surface area (Å²) in [5.41, 5.74) is 0.203. The molecule has 0 amide bonds. The predicted octanol–water partition coefficient (Wildman–Crippen LogP) is 2.60. The van der Waals surface area contributed by atoms with Gasteiger partial charge in [0.05, 0.1) is 5.56 Å². The number of esters is 1. The molecule has 0 saturated carbocycles. The molecule has 14 heavy (non-hydrogen) atoms. The van der Waals surface area contributed by atoms with Crippen molar-refractivity contribution in [2.45, 2.75) is 6.92 Å². The molecule has 0 unspecified atom stereocenters. The van der Waals surface area contributed by atoms with E-state index in [2.05, 4.69) is 0 Å². The van der Waals surface area contributed by atoms with Crippen LogP contribution in [0.1, 0.15) is 17.3 Å². The summed E-state index contributed by atoms with van der Waals surface area (Å²) in [6, 6.07) is 4.83. The number of hydrogen-bond acceptors (Lipinski definition) is 3. The molecular weight excluding hydrogens is 318 g/mol. The van der Waals surface area contributed by atoms with Crippen molar-refractivity contribution in [2.24, 2.45) is 0 Å². The van der Waals surface area contributed by atoms with E-state index < -0.39 is 11.2 Å². The van der Waals surface area contributed by atoms with Gasteiger partial charge in [-0.15, -0.1) is 0 Å². The Morgan fingerprint density at radius 3 is 2.57 bits per heavy atom. The normalized spacial score (nSPS) is 9.64. The molecule has 0 aliphatic rings. The van der Waals surface area contributed by atoms with E-state index in [9.17, 15) is 9.59 Å². The number of benzene rings is 1. The van der Waals surface area contributed by atoms with Crippen LogP contribution in [0.25, 0.3) is 0 Å². The maximum atomic E-state index is 11.0. The van der Waals surface area contributed by atoms with E-state index >= 15 is 0 Å². The van der Waals surface area contributed by atoms with Crippen LogP contribution in [-0.2, 0) is 4.79 Å². The van der Waals surface area contributed by atoms with Gasteiger partial charge >= 0.3 is 5.97 Å². The largest absolute Gasteiger partial charge is 0.426 e. The minimum absolute atomic E-state index is 0.193. The van der Waals surface area contributed by atoms with Crippen molar-refractivity contribution in [3.8, 4) is 5.75 Å². The van der Waals surface area contributed by atoms with Crippen LogP contribution in [0, 0.1) is 3.57 Å². The van der Waals surface area contributed by atoms with Gasteiger partial charge in [0.1, 0.15) is 5.75 Å². The molecule has 0 fully saturated rings. The molecule has 0 bridgehead atoms. The fraction of sp³-hybridized carbons (Fsp3) is 0.111. The Bertz CT molecular complexity index is 390. The number of hydrogen-bond donors (Lipinski definition) is 0. The molecule has 0 aliphatic heterocycles. The number of ether oxygens (including phenoxy) is 1. The zero-order valence-electron chi connectivity index (χ0n) is 7.21. The molecule has 0 N–H and O–H groups in total. The molecule has 3 nitrogen and oxygen atoms in total. The lowest BCUT2D eigenvalue weighted by Gasteiger charge is -2.05. The fourth-order valence-electron chi connectivity index (χ4n) is 0.900. The summed E-state index contributed by atoms with van der Waals surface area (Å²) in [6.45, 7) is 1.26. The van der Waals surface area contributed by atoms with Crippen molar-refractivity contribution in [1.82, 2.24) is 0 Å². The first kappa shape index (κ1) is 11.5. The van der Waals surface area contributed by atoms with Crippen molar-refractivity contribution in [3.63, 3.8) is 0 Å². The molecule has 0 aliphatic carbocycles. The van der Waals surface area contributed by atoms with E-state index in [4.69, 9.17) is 16.3 Å². The van der Waals surface area contributed by atoms with Crippen molar-refractivity contribution in [2.75, 3.05) is 0 Å². The summed E-state index contributed by atoms with van der Waals surface area (Å²) in [7, 11) is 0. The SMILES string of the molecule is CC(=O)Oc1ccc(I)cc1C(=O)Cl. The van der Waals surface area contributed by atoms with Gasteiger partial charge in [-0.1, -0.05) is 0 Å². The quantitative estimate of drug-likeness (QED) is 0.363. The molecule has 0 saturated heterocycles. The first-order chi connectivity index (χ1) is 6.50. The molecule has 1 aromatic rings. The minimum atomic E-state index is -0.639. The molecule has 1 rings (SSSR count). The summed E-state index contributed by atoms with van der Waals surface area (Å²) in [5.74, 6) is -0.289. The number of carbonyl (C=O) groups is 2. The summed E-state index contributed by atoms with van der Waals surface area (Å²) in [5, 5.41) is -0.639. The third-order valence-corrected chi connectivity index (χ3v) is 2.28. The molecule has 0 spiro atoms. The van der Waals surface area contributed by atoms with Gasteiger partial charge < -0.3 is 4.74 Å². The smallest absolute Gasteiger partial charge is 0.308 e. The number of rotatable bonds is 2. The van der Waals surface area contributed by atoms with Crippen LogP contribution in [0.5, 0.6) is 5.75 Å². The molecule has 0 heterocycles. The second-order valence-electron chi connectivity index (χ2n) is 2.51. The summed E-state index contributed by atoms with van der Waals surface area (Å²) in [4.78, 5) is 21.7. The lowest BCUT2D eigenvalue weighted by atomic mass is 10.2. The lowest BCUT2D eigenvalue weighted by Crippen LogP contribution is -2.05. The van der Waals surface area contributed by atoms with E-state index in [1.807, 2.05) is 22.6 Å². The van der Waals surface area contributed by atoms with E-state index in [-0.39, 0.29) is 11.3 Å².